The molecule has 0 radical (unpaired) electrons. The highest BCUT2D eigenvalue weighted by Gasteiger charge is 2.10. The Bertz CT molecular complexity index is 1000. The van der Waals surface area contributed by atoms with Gasteiger partial charge in [0.25, 0.3) is 5.91 Å². The molecule has 0 aliphatic heterocycles. The molecule has 1 aromatic heterocycles. The quantitative estimate of drug-likeness (QED) is 0.658. The Hall–Kier alpha value is -2.44. The van der Waals surface area contributed by atoms with Gasteiger partial charge in [0, 0.05) is 17.6 Å². The number of thiazole rings is 1. The number of aryl methyl sites for hydroxylation is 1. The number of nitrogens with zero attached hydrogens (tertiary/aromatic N) is 2. The van der Waals surface area contributed by atoms with Crippen LogP contribution in [0.15, 0.2) is 47.5 Å². The van der Waals surface area contributed by atoms with Crippen LogP contribution in [0.5, 0.6) is 0 Å². The molecular weight excluding hydrogens is 348 g/mol. The third kappa shape index (κ3) is 3.11. The molecule has 0 unspecified atom stereocenters. The van der Waals surface area contributed by atoms with Gasteiger partial charge in [-0.1, -0.05) is 22.9 Å². The van der Waals surface area contributed by atoms with Gasteiger partial charge in [0.1, 0.15) is 0 Å². The number of aromatic nitrogens is 1. The van der Waals surface area contributed by atoms with Crippen LogP contribution in [0.1, 0.15) is 20.7 Å². The van der Waals surface area contributed by atoms with Crippen molar-refractivity contribution in [2.75, 3.05) is 7.11 Å². The lowest BCUT2D eigenvalue weighted by Crippen LogP contribution is -2.13. The number of benzene rings is 2. The SMILES string of the molecule is COC(=O)c1ccc2c(c1)sc(=NC(=O)c1ccc(Cl)cc1)n2C. The van der Waals surface area contributed by atoms with Crippen LogP contribution in [-0.4, -0.2) is 23.6 Å². The van der Waals surface area contributed by atoms with Gasteiger partial charge in [-0.25, -0.2) is 4.79 Å². The molecule has 0 N–H and O–H groups in total. The van der Waals surface area contributed by atoms with Crippen molar-refractivity contribution in [3.05, 3.63) is 63.4 Å². The van der Waals surface area contributed by atoms with Gasteiger partial charge in [0.05, 0.1) is 22.9 Å². The monoisotopic (exact) mass is 360 g/mol. The fourth-order valence-corrected chi connectivity index (χ4v) is 3.41. The van der Waals surface area contributed by atoms with Crippen molar-refractivity contribution >= 4 is 45.0 Å². The number of ether oxygens (including phenoxy) is 1. The molecule has 0 aliphatic rings. The van der Waals surface area contributed by atoms with Crippen LogP contribution >= 0.6 is 22.9 Å². The molecule has 1 heterocycles. The first kappa shape index (κ1) is 16.4. The van der Waals surface area contributed by atoms with E-state index in [4.69, 9.17) is 16.3 Å². The van der Waals surface area contributed by atoms with E-state index >= 15 is 0 Å². The van der Waals surface area contributed by atoms with E-state index in [0.717, 1.165) is 10.2 Å². The van der Waals surface area contributed by atoms with Gasteiger partial charge in [-0.05, 0) is 42.5 Å². The van der Waals surface area contributed by atoms with E-state index in [1.807, 2.05) is 17.7 Å². The van der Waals surface area contributed by atoms with Crippen LogP contribution < -0.4 is 4.80 Å². The topological polar surface area (TPSA) is 60.7 Å². The Morgan fingerprint density at radius 3 is 2.46 bits per heavy atom. The number of carbonyl (C=O) groups excluding carboxylic acids is 2. The summed E-state index contributed by atoms with van der Waals surface area (Å²) in [7, 11) is 3.16. The molecule has 5 nitrogen and oxygen atoms in total. The summed E-state index contributed by atoms with van der Waals surface area (Å²) in [5.74, 6) is -0.745. The number of methoxy groups -OCH3 is 1. The third-order valence-electron chi connectivity index (χ3n) is 3.52. The number of rotatable bonds is 2. The normalized spacial score (nSPS) is 11.7. The average Bonchev–Trinajstić information content (AvgIpc) is 2.90. The molecule has 122 valence electrons. The van der Waals surface area contributed by atoms with Crippen molar-refractivity contribution < 1.29 is 14.3 Å². The van der Waals surface area contributed by atoms with Crippen LogP contribution in [-0.2, 0) is 11.8 Å². The molecular formula is C17H13ClN2O3S. The molecule has 0 fully saturated rings. The molecule has 3 rings (SSSR count). The van der Waals surface area contributed by atoms with E-state index in [1.54, 1.807) is 36.4 Å². The molecule has 0 bridgehead atoms. The molecule has 2 aromatic carbocycles. The van der Waals surface area contributed by atoms with E-state index in [2.05, 4.69) is 4.99 Å². The summed E-state index contributed by atoms with van der Waals surface area (Å²) in [5.41, 5.74) is 1.81. The second kappa shape index (κ2) is 6.59. The number of esters is 1. The Balaban J connectivity index is 2.05. The number of amides is 1. The Labute approximate surface area is 146 Å². The zero-order valence-electron chi connectivity index (χ0n) is 12.9. The first-order valence-electron chi connectivity index (χ1n) is 7.02. The summed E-state index contributed by atoms with van der Waals surface area (Å²) in [6.45, 7) is 0. The van der Waals surface area contributed by atoms with Crippen LogP contribution in [0.4, 0.5) is 0 Å². The highest BCUT2D eigenvalue weighted by Crippen LogP contribution is 2.19. The lowest BCUT2D eigenvalue weighted by atomic mass is 10.2. The second-order valence-electron chi connectivity index (χ2n) is 5.04. The summed E-state index contributed by atoms with van der Waals surface area (Å²) in [5, 5.41) is 0.564. The van der Waals surface area contributed by atoms with Gasteiger partial charge in [-0.15, -0.1) is 0 Å². The maximum absolute atomic E-state index is 12.3. The minimum Gasteiger partial charge on any atom is -0.465 e. The lowest BCUT2D eigenvalue weighted by Gasteiger charge is -1.99. The van der Waals surface area contributed by atoms with Gasteiger partial charge in [0.2, 0.25) is 0 Å². The Kier molecular flexibility index (Phi) is 4.51. The van der Waals surface area contributed by atoms with E-state index < -0.39 is 5.97 Å². The molecule has 0 saturated heterocycles. The molecule has 0 spiro atoms. The predicted molar refractivity (Wildman–Crippen MR) is 93.5 cm³/mol. The lowest BCUT2D eigenvalue weighted by molar-refractivity contribution is 0.0601. The van der Waals surface area contributed by atoms with Gasteiger partial charge in [0.15, 0.2) is 4.80 Å². The molecule has 3 aromatic rings. The van der Waals surface area contributed by atoms with Crippen molar-refractivity contribution in [1.29, 1.82) is 0 Å². The molecule has 0 saturated carbocycles. The van der Waals surface area contributed by atoms with Crippen LogP contribution in [0, 0.1) is 0 Å². The predicted octanol–water partition coefficient (Wildman–Crippen LogP) is 3.42. The number of hydrogen-bond donors (Lipinski definition) is 0. The maximum atomic E-state index is 12.3. The van der Waals surface area contributed by atoms with Crippen molar-refractivity contribution in [2.24, 2.45) is 12.0 Å². The second-order valence-corrected chi connectivity index (χ2v) is 6.49. The fourth-order valence-electron chi connectivity index (χ4n) is 2.23. The summed E-state index contributed by atoms with van der Waals surface area (Å²) < 4.78 is 7.39. The fraction of sp³-hybridized carbons (Fsp3) is 0.118. The molecule has 1 amide bonds. The standard InChI is InChI=1S/C17H13ClN2O3S/c1-20-13-8-5-11(16(22)23-2)9-14(13)24-17(20)19-15(21)10-3-6-12(18)7-4-10/h3-9H,1-2H3. The highest BCUT2D eigenvalue weighted by atomic mass is 35.5. The maximum Gasteiger partial charge on any atom is 0.337 e. The van der Waals surface area contributed by atoms with Crippen molar-refractivity contribution in [3.8, 4) is 0 Å². The summed E-state index contributed by atoms with van der Waals surface area (Å²) in [6.07, 6.45) is 0. The van der Waals surface area contributed by atoms with Crippen molar-refractivity contribution in [2.45, 2.75) is 0 Å². The number of carbonyl (C=O) groups is 2. The summed E-state index contributed by atoms with van der Waals surface area (Å²) >= 11 is 7.16. The van der Waals surface area contributed by atoms with Gasteiger partial charge in [-0.3, -0.25) is 4.79 Å². The van der Waals surface area contributed by atoms with Crippen molar-refractivity contribution in [3.63, 3.8) is 0 Å². The number of hydrogen-bond acceptors (Lipinski definition) is 4. The van der Waals surface area contributed by atoms with E-state index in [1.165, 1.54) is 18.4 Å². The zero-order valence-corrected chi connectivity index (χ0v) is 14.5. The Morgan fingerprint density at radius 1 is 1.12 bits per heavy atom. The molecule has 7 heteroatoms. The van der Waals surface area contributed by atoms with E-state index in [9.17, 15) is 9.59 Å². The van der Waals surface area contributed by atoms with Crippen LogP contribution in [0.25, 0.3) is 10.2 Å². The van der Waals surface area contributed by atoms with Gasteiger partial charge < -0.3 is 9.30 Å². The molecule has 0 atom stereocenters. The number of halogens is 1. The van der Waals surface area contributed by atoms with Crippen molar-refractivity contribution in [1.82, 2.24) is 4.57 Å². The van der Waals surface area contributed by atoms with Gasteiger partial charge >= 0.3 is 5.97 Å². The minimum absolute atomic E-state index is 0.345. The first-order chi connectivity index (χ1) is 11.5. The van der Waals surface area contributed by atoms with Gasteiger partial charge in [-0.2, -0.15) is 4.99 Å². The summed E-state index contributed by atoms with van der Waals surface area (Å²) in [4.78, 5) is 28.6. The summed E-state index contributed by atoms with van der Waals surface area (Å²) in [6, 6.07) is 11.8. The minimum atomic E-state index is -0.399. The zero-order chi connectivity index (χ0) is 17.3. The Morgan fingerprint density at radius 2 is 1.79 bits per heavy atom. The number of fused-ring (bicyclic) bond motifs is 1. The van der Waals surface area contributed by atoms with Crippen LogP contribution in [0.3, 0.4) is 0 Å². The molecule has 24 heavy (non-hydrogen) atoms. The first-order valence-corrected chi connectivity index (χ1v) is 8.21. The largest absolute Gasteiger partial charge is 0.465 e. The van der Waals surface area contributed by atoms with E-state index in [0.29, 0.717) is 21.0 Å². The van der Waals surface area contributed by atoms with Crippen LogP contribution in [0.2, 0.25) is 5.02 Å². The highest BCUT2D eigenvalue weighted by molar-refractivity contribution is 7.16. The smallest absolute Gasteiger partial charge is 0.337 e. The third-order valence-corrected chi connectivity index (χ3v) is 4.87. The average molecular weight is 361 g/mol. The molecule has 0 aliphatic carbocycles. The van der Waals surface area contributed by atoms with E-state index in [-0.39, 0.29) is 5.91 Å².